The Balaban J connectivity index is 2.17. The molecule has 0 spiro atoms. The van der Waals surface area contributed by atoms with E-state index in [9.17, 15) is 4.79 Å². The summed E-state index contributed by atoms with van der Waals surface area (Å²) in [7, 11) is 0. The van der Waals surface area contributed by atoms with Crippen LogP contribution < -0.4 is 5.32 Å². The number of alkyl halides is 2. The van der Waals surface area contributed by atoms with Gasteiger partial charge in [0.25, 0.3) is 5.91 Å². The largest absolute Gasteiger partial charge is 0.356 e. The predicted molar refractivity (Wildman–Crippen MR) is 76.3 cm³/mol. The Labute approximate surface area is 120 Å². The molecule has 1 aromatic rings. The second-order valence-corrected chi connectivity index (χ2v) is 6.85. The molecule has 6 heteroatoms. The maximum absolute atomic E-state index is 12.3. The first-order valence-electron chi connectivity index (χ1n) is 5.48. The Morgan fingerprint density at radius 3 is 2.67 bits per heavy atom. The lowest BCUT2D eigenvalue weighted by atomic mass is 10.2. The summed E-state index contributed by atoms with van der Waals surface area (Å²) >= 11 is 13.9. The molecule has 1 N–H and O–H groups in total. The molecule has 1 aliphatic rings. The third-order valence-corrected chi connectivity index (χ3v) is 5.46. The molecule has 3 nitrogen and oxygen atoms in total. The van der Waals surface area contributed by atoms with Crippen molar-refractivity contribution in [2.24, 2.45) is 0 Å². The molecule has 1 heterocycles. The fourth-order valence-corrected chi connectivity index (χ4v) is 3.25. The predicted octanol–water partition coefficient (Wildman–Crippen LogP) is 3.28. The maximum Gasteiger partial charge on any atom is 0.260 e. The fourth-order valence-electron chi connectivity index (χ4n) is 1.64. The van der Waals surface area contributed by atoms with Crippen molar-refractivity contribution in [1.29, 1.82) is 0 Å². The van der Waals surface area contributed by atoms with Crippen LogP contribution in [-0.2, 0) is 9.53 Å². The molecule has 0 bridgehead atoms. The molecule has 0 aromatic heterocycles. The number of para-hydroxylation sites is 1. The first-order chi connectivity index (χ1) is 8.46. The Morgan fingerprint density at radius 2 is 2.06 bits per heavy atom. The van der Waals surface area contributed by atoms with E-state index in [0.29, 0.717) is 18.0 Å². The first kappa shape index (κ1) is 14.0. The molecule has 0 radical (unpaired) electrons. The minimum Gasteiger partial charge on any atom is -0.356 e. The monoisotopic (exact) mass is 305 g/mol. The normalized spacial score (nSPS) is 31.9. The molecule has 18 heavy (non-hydrogen) atoms. The van der Waals surface area contributed by atoms with Crippen molar-refractivity contribution in [3.05, 3.63) is 30.3 Å². The molecule has 1 amide bonds. The summed E-state index contributed by atoms with van der Waals surface area (Å²) in [5.41, 5.74) is 0.682. The van der Waals surface area contributed by atoms with Crippen LogP contribution in [0, 0.1) is 0 Å². The Kier molecular flexibility index (Phi) is 4.11. The Hall–Kier alpha value is -0.420. The van der Waals surface area contributed by atoms with Gasteiger partial charge in [-0.2, -0.15) is 0 Å². The van der Waals surface area contributed by atoms with E-state index < -0.39 is 9.27 Å². The van der Waals surface area contributed by atoms with Crippen LogP contribution in [-0.4, -0.2) is 27.5 Å². The van der Waals surface area contributed by atoms with Crippen molar-refractivity contribution in [2.75, 3.05) is 17.7 Å². The van der Waals surface area contributed by atoms with E-state index in [2.05, 4.69) is 5.32 Å². The van der Waals surface area contributed by atoms with E-state index in [-0.39, 0.29) is 5.91 Å². The van der Waals surface area contributed by atoms with Crippen LogP contribution in [0.25, 0.3) is 0 Å². The standard InChI is InChI=1S/C12H13Cl2NO2S/c1-11(13)12(14,18-8-7-17-11)10(16)15-9-5-3-2-4-6-9/h2-6H,7-8H2,1H3,(H,15,16)/t11-,12-/m1/s1. The van der Waals surface area contributed by atoms with Crippen LogP contribution in [0.15, 0.2) is 30.3 Å². The number of benzene rings is 1. The van der Waals surface area contributed by atoms with E-state index in [1.165, 1.54) is 11.8 Å². The van der Waals surface area contributed by atoms with Gasteiger partial charge in [0.05, 0.1) is 6.61 Å². The van der Waals surface area contributed by atoms with Crippen molar-refractivity contribution in [3.8, 4) is 0 Å². The summed E-state index contributed by atoms with van der Waals surface area (Å²) < 4.78 is 4.06. The minimum atomic E-state index is -1.33. The lowest BCUT2D eigenvalue weighted by Crippen LogP contribution is -2.54. The zero-order valence-electron chi connectivity index (χ0n) is 9.78. The van der Waals surface area contributed by atoms with Crippen LogP contribution in [0.5, 0.6) is 0 Å². The minimum absolute atomic E-state index is 0.363. The molecule has 2 atom stereocenters. The van der Waals surface area contributed by atoms with Crippen molar-refractivity contribution in [3.63, 3.8) is 0 Å². The van der Waals surface area contributed by atoms with Crippen molar-refractivity contribution in [1.82, 2.24) is 0 Å². The average molecular weight is 306 g/mol. The maximum atomic E-state index is 12.3. The van der Waals surface area contributed by atoms with E-state index in [0.717, 1.165) is 0 Å². The van der Waals surface area contributed by atoms with Crippen molar-refractivity contribution < 1.29 is 9.53 Å². The number of amides is 1. The van der Waals surface area contributed by atoms with Crippen molar-refractivity contribution >= 4 is 46.6 Å². The van der Waals surface area contributed by atoms with Crippen LogP contribution in [0.4, 0.5) is 5.69 Å². The SMILES string of the molecule is C[C@@]1(Cl)OCCS[C@]1(Cl)C(=O)Nc1ccccc1. The Bertz CT molecular complexity index is 441. The number of ether oxygens (including phenoxy) is 1. The topological polar surface area (TPSA) is 38.3 Å². The van der Waals surface area contributed by atoms with E-state index in [1.807, 2.05) is 18.2 Å². The highest BCUT2D eigenvalue weighted by Gasteiger charge is 2.55. The Morgan fingerprint density at radius 1 is 1.39 bits per heavy atom. The number of carbonyl (C=O) groups is 1. The first-order valence-corrected chi connectivity index (χ1v) is 7.22. The molecule has 0 aliphatic carbocycles. The van der Waals surface area contributed by atoms with E-state index in [1.54, 1.807) is 19.1 Å². The van der Waals surface area contributed by atoms with E-state index >= 15 is 0 Å². The fraction of sp³-hybridized carbons (Fsp3) is 0.417. The summed E-state index contributed by atoms with van der Waals surface area (Å²) in [6.45, 7) is 2.09. The molecule has 0 saturated carbocycles. The van der Waals surface area contributed by atoms with Crippen LogP contribution in [0.1, 0.15) is 6.92 Å². The number of hydrogen-bond acceptors (Lipinski definition) is 3. The van der Waals surface area contributed by atoms with Crippen LogP contribution in [0.2, 0.25) is 0 Å². The van der Waals surface area contributed by atoms with Gasteiger partial charge in [0, 0.05) is 11.4 Å². The quantitative estimate of drug-likeness (QED) is 0.852. The summed E-state index contributed by atoms with van der Waals surface area (Å²) in [6.07, 6.45) is 0. The number of halogens is 2. The van der Waals surface area contributed by atoms with Gasteiger partial charge in [-0.1, -0.05) is 41.4 Å². The van der Waals surface area contributed by atoms with Gasteiger partial charge < -0.3 is 10.1 Å². The van der Waals surface area contributed by atoms with E-state index in [4.69, 9.17) is 27.9 Å². The van der Waals surface area contributed by atoms with Gasteiger partial charge in [0.2, 0.25) is 4.21 Å². The molecule has 0 unspecified atom stereocenters. The van der Waals surface area contributed by atoms with Gasteiger partial charge in [0.1, 0.15) is 0 Å². The summed E-state index contributed by atoms with van der Waals surface area (Å²) in [5.74, 6) is 0.270. The number of carbonyl (C=O) groups excluding carboxylic acids is 1. The van der Waals surface area contributed by atoms with Gasteiger partial charge >= 0.3 is 0 Å². The highest BCUT2D eigenvalue weighted by atomic mass is 35.5. The highest BCUT2D eigenvalue weighted by Crippen LogP contribution is 2.48. The lowest BCUT2D eigenvalue weighted by Gasteiger charge is -2.41. The van der Waals surface area contributed by atoms with Crippen LogP contribution in [0.3, 0.4) is 0 Å². The van der Waals surface area contributed by atoms with Crippen molar-refractivity contribution in [2.45, 2.75) is 16.2 Å². The molecule has 1 aliphatic heterocycles. The van der Waals surface area contributed by atoms with Gasteiger partial charge in [-0.05, 0) is 19.1 Å². The van der Waals surface area contributed by atoms with Gasteiger partial charge in [0.15, 0.2) is 5.06 Å². The second-order valence-electron chi connectivity index (χ2n) is 4.03. The third kappa shape index (κ3) is 2.62. The van der Waals surface area contributed by atoms with Crippen LogP contribution >= 0.6 is 35.0 Å². The van der Waals surface area contributed by atoms with Gasteiger partial charge in [-0.25, -0.2) is 0 Å². The molecule has 1 saturated heterocycles. The number of hydrogen-bond donors (Lipinski definition) is 1. The zero-order chi connectivity index (χ0) is 13.2. The second kappa shape index (κ2) is 5.29. The summed E-state index contributed by atoms with van der Waals surface area (Å²) in [6, 6.07) is 9.12. The smallest absolute Gasteiger partial charge is 0.260 e. The molecular weight excluding hydrogens is 293 g/mol. The number of anilines is 1. The summed E-state index contributed by atoms with van der Waals surface area (Å²) in [5, 5.41) is 1.53. The number of nitrogens with one attached hydrogen (secondary N) is 1. The molecule has 1 aromatic carbocycles. The number of thioether (sulfide) groups is 1. The third-order valence-electron chi connectivity index (χ3n) is 2.66. The van der Waals surface area contributed by atoms with Gasteiger partial charge in [-0.3, -0.25) is 4.79 Å². The zero-order valence-corrected chi connectivity index (χ0v) is 12.1. The molecular formula is C12H13Cl2NO2S. The number of rotatable bonds is 2. The van der Waals surface area contributed by atoms with Gasteiger partial charge in [-0.15, -0.1) is 11.8 Å². The molecule has 1 fully saturated rings. The molecule has 2 rings (SSSR count). The lowest BCUT2D eigenvalue weighted by molar-refractivity contribution is -0.120. The highest BCUT2D eigenvalue weighted by molar-refractivity contribution is 8.03. The molecule has 98 valence electrons. The average Bonchev–Trinajstić information content (AvgIpc) is 2.34. The summed E-state index contributed by atoms with van der Waals surface area (Å²) in [4.78, 5) is 12.3.